The number of hydrogen-bond acceptors (Lipinski definition) is 3. The molecule has 0 spiro atoms. The van der Waals surface area contributed by atoms with Gasteiger partial charge in [-0.25, -0.2) is 4.79 Å². The van der Waals surface area contributed by atoms with Crippen molar-refractivity contribution >= 4 is 28.2 Å². The first-order valence-corrected chi connectivity index (χ1v) is 8.64. The standard InChI is InChI=1S/C18H19NO3S/c1-11-6-5-7-12(10-11)16(20)19-17-15(18(21)22)13-8-3-2-4-9-14(13)23-17/h5-7,10H,2-4,8-9H2,1H3,(H,19,20)(H,21,22). The summed E-state index contributed by atoms with van der Waals surface area (Å²) in [7, 11) is 0. The Morgan fingerprint density at radius 1 is 1.17 bits per heavy atom. The van der Waals surface area contributed by atoms with Gasteiger partial charge < -0.3 is 10.4 Å². The molecule has 2 aromatic rings. The van der Waals surface area contributed by atoms with Crippen molar-refractivity contribution in [2.45, 2.75) is 39.0 Å². The maximum Gasteiger partial charge on any atom is 0.339 e. The molecule has 1 heterocycles. The Hall–Kier alpha value is -2.14. The van der Waals surface area contributed by atoms with Gasteiger partial charge in [-0.1, -0.05) is 24.1 Å². The second-order valence-electron chi connectivity index (χ2n) is 5.90. The topological polar surface area (TPSA) is 66.4 Å². The van der Waals surface area contributed by atoms with Gasteiger partial charge >= 0.3 is 5.97 Å². The quantitative estimate of drug-likeness (QED) is 0.826. The lowest BCUT2D eigenvalue weighted by atomic mass is 10.1. The first-order valence-electron chi connectivity index (χ1n) is 7.82. The van der Waals surface area contributed by atoms with Crippen molar-refractivity contribution < 1.29 is 14.7 Å². The molecule has 1 aliphatic rings. The Kier molecular flexibility index (Phi) is 4.48. The van der Waals surface area contributed by atoms with E-state index in [2.05, 4.69) is 5.32 Å². The van der Waals surface area contributed by atoms with E-state index >= 15 is 0 Å². The molecular formula is C18H19NO3S. The largest absolute Gasteiger partial charge is 0.478 e. The number of carboxylic acid groups (broad SMARTS) is 1. The first-order chi connectivity index (χ1) is 11.1. The molecule has 0 fully saturated rings. The molecule has 1 aromatic carbocycles. The number of carbonyl (C=O) groups excluding carboxylic acids is 1. The number of anilines is 1. The number of amides is 1. The summed E-state index contributed by atoms with van der Waals surface area (Å²) in [4.78, 5) is 25.2. The van der Waals surface area contributed by atoms with E-state index < -0.39 is 5.97 Å². The van der Waals surface area contributed by atoms with Crippen molar-refractivity contribution in [2.75, 3.05) is 5.32 Å². The minimum atomic E-state index is -0.955. The van der Waals surface area contributed by atoms with Crippen molar-refractivity contribution in [2.24, 2.45) is 0 Å². The molecule has 0 radical (unpaired) electrons. The Morgan fingerprint density at radius 2 is 1.96 bits per heavy atom. The van der Waals surface area contributed by atoms with Crippen molar-refractivity contribution in [1.82, 2.24) is 0 Å². The van der Waals surface area contributed by atoms with Crippen LogP contribution >= 0.6 is 11.3 Å². The Balaban J connectivity index is 1.93. The smallest absolute Gasteiger partial charge is 0.339 e. The third kappa shape index (κ3) is 3.29. The molecule has 4 nitrogen and oxygen atoms in total. The summed E-state index contributed by atoms with van der Waals surface area (Å²) in [5, 5.41) is 12.9. The van der Waals surface area contributed by atoms with Gasteiger partial charge in [-0.2, -0.15) is 0 Å². The molecule has 5 heteroatoms. The van der Waals surface area contributed by atoms with Crippen LogP contribution in [0, 0.1) is 6.92 Å². The maximum atomic E-state index is 12.4. The van der Waals surface area contributed by atoms with Gasteiger partial charge in [-0.15, -0.1) is 11.3 Å². The van der Waals surface area contributed by atoms with Crippen LogP contribution in [-0.4, -0.2) is 17.0 Å². The predicted octanol–water partition coefficient (Wildman–Crippen LogP) is 4.28. The fourth-order valence-electron chi connectivity index (χ4n) is 3.02. The minimum absolute atomic E-state index is 0.257. The molecule has 1 aromatic heterocycles. The van der Waals surface area contributed by atoms with Gasteiger partial charge in [0.1, 0.15) is 5.00 Å². The molecule has 1 amide bonds. The van der Waals surface area contributed by atoms with E-state index in [1.54, 1.807) is 12.1 Å². The van der Waals surface area contributed by atoms with Crippen LogP contribution in [-0.2, 0) is 12.8 Å². The minimum Gasteiger partial charge on any atom is -0.478 e. The molecule has 0 atom stereocenters. The van der Waals surface area contributed by atoms with E-state index in [0.29, 0.717) is 10.6 Å². The number of aromatic carboxylic acids is 1. The molecule has 23 heavy (non-hydrogen) atoms. The van der Waals surface area contributed by atoms with Gasteiger partial charge in [-0.05, 0) is 50.3 Å². The summed E-state index contributed by atoms with van der Waals surface area (Å²) < 4.78 is 0. The molecular weight excluding hydrogens is 310 g/mol. The van der Waals surface area contributed by atoms with Crippen LogP contribution in [0.25, 0.3) is 0 Å². The Morgan fingerprint density at radius 3 is 2.70 bits per heavy atom. The van der Waals surface area contributed by atoms with Crippen LogP contribution in [0.1, 0.15) is 56.0 Å². The van der Waals surface area contributed by atoms with Crippen molar-refractivity contribution in [3.05, 3.63) is 51.4 Å². The van der Waals surface area contributed by atoms with E-state index in [1.165, 1.54) is 11.3 Å². The van der Waals surface area contributed by atoms with Crippen molar-refractivity contribution in [3.63, 3.8) is 0 Å². The lowest BCUT2D eigenvalue weighted by Gasteiger charge is -2.06. The molecule has 0 aliphatic heterocycles. The predicted molar refractivity (Wildman–Crippen MR) is 91.7 cm³/mol. The average molecular weight is 329 g/mol. The third-order valence-electron chi connectivity index (χ3n) is 4.14. The molecule has 3 rings (SSSR count). The summed E-state index contributed by atoms with van der Waals surface area (Å²) in [6, 6.07) is 7.29. The van der Waals surface area contributed by atoms with Crippen LogP contribution < -0.4 is 5.32 Å². The molecule has 0 saturated carbocycles. The van der Waals surface area contributed by atoms with Gasteiger partial charge in [-0.3, -0.25) is 4.79 Å². The summed E-state index contributed by atoms with van der Waals surface area (Å²) in [5.74, 6) is -1.21. The number of thiophene rings is 1. The molecule has 0 saturated heterocycles. The SMILES string of the molecule is Cc1cccc(C(=O)Nc2sc3c(c2C(=O)O)CCCCC3)c1. The molecule has 0 unspecified atom stereocenters. The van der Waals surface area contributed by atoms with Gasteiger partial charge in [0, 0.05) is 10.4 Å². The first kappa shape index (κ1) is 15.7. The van der Waals surface area contributed by atoms with Crippen LogP contribution in [0.3, 0.4) is 0 Å². The fourth-order valence-corrected chi connectivity index (χ4v) is 4.29. The number of carbonyl (C=O) groups is 2. The Labute approximate surface area is 139 Å². The third-order valence-corrected chi connectivity index (χ3v) is 5.35. The van der Waals surface area contributed by atoms with E-state index in [4.69, 9.17) is 0 Å². The lowest BCUT2D eigenvalue weighted by molar-refractivity contribution is 0.0697. The monoisotopic (exact) mass is 329 g/mol. The normalized spacial score (nSPS) is 14.0. The zero-order valence-corrected chi connectivity index (χ0v) is 13.8. The zero-order chi connectivity index (χ0) is 16.4. The number of nitrogens with one attached hydrogen (secondary N) is 1. The van der Waals surface area contributed by atoms with Crippen molar-refractivity contribution in [3.8, 4) is 0 Å². The number of hydrogen-bond donors (Lipinski definition) is 2. The number of rotatable bonds is 3. The van der Waals surface area contributed by atoms with E-state index in [1.807, 2.05) is 19.1 Å². The molecule has 0 bridgehead atoms. The van der Waals surface area contributed by atoms with Gasteiger partial charge in [0.25, 0.3) is 5.91 Å². The molecule has 120 valence electrons. The number of aryl methyl sites for hydroxylation is 2. The summed E-state index contributed by atoms with van der Waals surface area (Å²) >= 11 is 1.42. The number of carboxylic acids is 1. The highest BCUT2D eigenvalue weighted by atomic mass is 32.1. The highest BCUT2D eigenvalue weighted by molar-refractivity contribution is 7.17. The van der Waals surface area contributed by atoms with Crippen LogP contribution in [0.15, 0.2) is 24.3 Å². The van der Waals surface area contributed by atoms with Crippen LogP contribution in [0.2, 0.25) is 0 Å². The van der Waals surface area contributed by atoms with E-state index in [9.17, 15) is 14.7 Å². The summed E-state index contributed by atoms with van der Waals surface area (Å²) in [6.07, 6.45) is 4.91. The van der Waals surface area contributed by atoms with Crippen molar-refractivity contribution in [1.29, 1.82) is 0 Å². The highest BCUT2D eigenvalue weighted by Gasteiger charge is 2.25. The van der Waals surface area contributed by atoms with Crippen LogP contribution in [0.5, 0.6) is 0 Å². The fraction of sp³-hybridized carbons (Fsp3) is 0.333. The van der Waals surface area contributed by atoms with Gasteiger partial charge in [0.15, 0.2) is 0 Å². The van der Waals surface area contributed by atoms with Crippen LogP contribution in [0.4, 0.5) is 5.00 Å². The Bertz CT molecular complexity index is 764. The molecule has 2 N–H and O–H groups in total. The van der Waals surface area contributed by atoms with Gasteiger partial charge in [0.05, 0.1) is 5.56 Å². The molecule has 1 aliphatic carbocycles. The second-order valence-corrected chi connectivity index (χ2v) is 7.00. The van der Waals surface area contributed by atoms with Gasteiger partial charge in [0.2, 0.25) is 0 Å². The second kappa shape index (κ2) is 6.54. The number of fused-ring (bicyclic) bond motifs is 1. The highest BCUT2D eigenvalue weighted by Crippen LogP contribution is 2.37. The lowest BCUT2D eigenvalue weighted by Crippen LogP contribution is -2.14. The van der Waals surface area contributed by atoms with E-state index in [-0.39, 0.29) is 11.5 Å². The summed E-state index contributed by atoms with van der Waals surface area (Å²) in [5.41, 5.74) is 2.75. The number of benzene rings is 1. The zero-order valence-electron chi connectivity index (χ0n) is 13.0. The average Bonchev–Trinajstić information content (AvgIpc) is 2.69. The maximum absolute atomic E-state index is 12.4. The van der Waals surface area contributed by atoms with E-state index in [0.717, 1.165) is 48.1 Å². The summed E-state index contributed by atoms with van der Waals surface area (Å²) in [6.45, 7) is 1.92.